The molecule has 0 aliphatic carbocycles. The van der Waals surface area contributed by atoms with Crippen molar-refractivity contribution in [2.24, 2.45) is 0 Å². The zero-order valence-electron chi connectivity index (χ0n) is 10.3. The topological polar surface area (TPSA) is 103 Å². The largest absolute Gasteiger partial charge is 0.395 e. The van der Waals surface area contributed by atoms with Crippen molar-refractivity contribution < 1.29 is 13.5 Å². The lowest BCUT2D eigenvalue weighted by Gasteiger charge is -2.07. The fourth-order valence-corrected chi connectivity index (χ4v) is 3.23. The lowest BCUT2D eigenvalue weighted by Crippen LogP contribution is -2.25. The maximum absolute atomic E-state index is 11.8. The molecule has 2 N–H and O–H groups in total. The third-order valence-corrected chi connectivity index (χ3v) is 4.70. The number of nitriles is 1. The van der Waals surface area contributed by atoms with E-state index in [-0.39, 0.29) is 18.2 Å². The summed E-state index contributed by atoms with van der Waals surface area (Å²) in [7, 11) is -3.74. The molecule has 1 heterocycles. The fraction of sp³-hybridized carbons (Fsp3) is 0.455. The van der Waals surface area contributed by atoms with E-state index in [1.165, 1.54) is 6.20 Å². The van der Waals surface area contributed by atoms with Crippen molar-refractivity contribution in [3.05, 3.63) is 11.1 Å². The monoisotopic (exact) mass is 299 g/mol. The number of aromatic nitrogens is 1. The highest BCUT2D eigenvalue weighted by Gasteiger charge is 2.24. The van der Waals surface area contributed by atoms with Crippen molar-refractivity contribution in [2.75, 3.05) is 11.3 Å². The molecule has 0 spiro atoms. The van der Waals surface area contributed by atoms with Gasteiger partial charge in [-0.15, -0.1) is 0 Å². The molecule has 0 radical (unpaired) electrons. The van der Waals surface area contributed by atoms with Gasteiger partial charge >= 0.3 is 0 Å². The minimum absolute atomic E-state index is 0.0222. The van der Waals surface area contributed by atoms with E-state index < -0.39 is 15.3 Å². The van der Waals surface area contributed by atoms with E-state index in [2.05, 4.69) is 21.5 Å². The summed E-state index contributed by atoms with van der Waals surface area (Å²) in [6, 6.07) is 1.73. The Morgan fingerprint density at radius 2 is 2.37 bits per heavy atom. The average Bonchev–Trinajstić information content (AvgIpc) is 2.77. The van der Waals surface area contributed by atoms with Gasteiger partial charge in [0, 0.05) is 6.42 Å². The summed E-state index contributed by atoms with van der Waals surface area (Å²) in [5.41, 5.74) is 0. The first kappa shape index (κ1) is 15.4. The van der Waals surface area contributed by atoms with E-state index in [4.69, 9.17) is 10.4 Å². The smallest absolute Gasteiger partial charge is 0.250 e. The molecule has 0 fully saturated rings. The SMILES string of the molecule is CCC(C#N)S(=O)(=O)Nc1ncc(C#CCCO)s1. The van der Waals surface area contributed by atoms with Crippen LogP contribution in [0.5, 0.6) is 0 Å². The van der Waals surface area contributed by atoms with Gasteiger partial charge in [0.05, 0.1) is 23.8 Å². The molecule has 0 amide bonds. The van der Waals surface area contributed by atoms with Gasteiger partial charge in [-0.05, 0) is 6.42 Å². The van der Waals surface area contributed by atoms with Crippen LogP contribution in [0.15, 0.2) is 6.20 Å². The first-order valence-corrected chi connectivity index (χ1v) is 7.86. The van der Waals surface area contributed by atoms with E-state index in [0.717, 1.165) is 11.3 Å². The summed E-state index contributed by atoms with van der Waals surface area (Å²) in [5.74, 6) is 5.47. The Morgan fingerprint density at radius 1 is 1.63 bits per heavy atom. The molecule has 1 aromatic heterocycles. The molecule has 102 valence electrons. The lowest BCUT2D eigenvalue weighted by molar-refractivity contribution is 0.305. The molecule has 0 saturated carbocycles. The molecule has 0 aromatic carbocycles. The second kappa shape index (κ2) is 7.10. The van der Waals surface area contributed by atoms with Crippen LogP contribution in [-0.2, 0) is 10.0 Å². The molecule has 0 aliphatic heterocycles. The van der Waals surface area contributed by atoms with E-state index in [1.807, 2.05) is 0 Å². The maximum atomic E-state index is 11.8. The van der Waals surface area contributed by atoms with Gasteiger partial charge in [-0.1, -0.05) is 30.1 Å². The number of anilines is 1. The zero-order valence-corrected chi connectivity index (χ0v) is 11.9. The Labute approximate surface area is 116 Å². The number of thiazole rings is 1. The van der Waals surface area contributed by atoms with Crippen LogP contribution in [0.25, 0.3) is 0 Å². The van der Waals surface area contributed by atoms with Crippen LogP contribution >= 0.6 is 11.3 Å². The number of rotatable bonds is 5. The predicted molar refractivity (Wildman–Crippen MR) is 72.9 cm³/mol. The Bertz CT molecular complexity index is 620. The van der Waals surface area contributed by atoms with Crippen LogP contribution in [0.3, 0.4) is 0 Å². The van der Waals surface area contributed by atoms with Crippen LogP contribution in [0.4, 0.5) is 5.13 Å². The number of aliphatic hydroxyl groups excluding tert-OH is 1. The minimum Gasteiger partial charge on any atom is -0.395 e. The molecule has 19 heavy (non-hydrogen) atoms. The molecule has 1 aromatic rings. The van der Waals surface area contributed by atoms with E-state index >= 15 is 0 Å². The Balaban J connectivity index is 2.80. The molecule has 0 aliphatic rings. The summed E-state index contributed by atoms with van der Waals surface area (Å²) in [6.45, 7) is 1.60. The molecule has 0 bridgehead atoms. The summed E-state index contributed by atoms with van der Waals surface area (Å²) < 4.78 is 25.9. The van der Waals surface area contributed by atoms with E-state index in [9.17, 15) is 8.42 Å². The number of sulfonamides is 1. The van der Waals surface area contributed by atoms with Crippen molar-refractivity contribution >= 4 is 26.5 Å². The third kappa shape index (κ3) is 4.52. The van der Waals surface area contributed by atoms with Crippen molar-refractivity contribution in [1.82, 2.24) is 4.98 Å². The average molecular weight is 299 g/mol. The van der Waals surface area contributed by atoms with Crippen molar-refractivity contribution in [2.45, 2.75) is 25.0 Å². The molecular weight excluding hydrogens is 286 g/mol. The van der Waals surface area contributed by atoms with Gasteiger partial charge in [0.15, 0.2) is 10.4 Å². The molecule has 8 heteroatoms. The Kier molecular flexibility index (Phi) is 5.77. The summed E-state index contributed by atoms with van der Waals surface area (Å²) in [4.78, 5) is 4.48. The fourth-order valence-electron chi connectivity index (χ4n) is 1.16. The van der Waals surface area contributed by atoms with Crippen molar-refractivity contribution in [3.8, 4) is 17.9 Å². The molecule has 0 saturated heterocycles. The van der Waals surface area contributed by atoms with Gasteiger partial charge in [-0.2, -0.15) is 5.26 Å². The van der Waals surface area contributed by atoms with Gasteiger partial charge in [0.2, 0.25) is 0 Å². The normalized spacial score (nSPS) is 12.1. The lowest BCUT2D eigenvalue weighted by atomic mass is 10.4. The van der Waals surface area contributed by atoms with Gasteiger partial charge in [-0.25, -0.2) is 13.4 Å². The highest BCUT2D eigenvalue weighted by molar-refractivity contribution is 7.93. The quantitative estimate of drug-likeness (QED) is 0.787. The van der Waals surface area contributed by atoms with Gasteiger partial charge in [-0.3, -0.25) is 4.72 Å². The summed E-state index contributed by atoms with van der Waals surface area (Å²) in [6.07, 6.45) is 2.01. The molecular formula is C11H13N3O3S2. The second-order valence-electron chi connectivity index (χ2n) is 3.48. The van der Waals surface area contributed by atoms with Gasteiger partial charge in [0.25, 0.3) is 10.0 Å². The standard InChI is InChI=1S/C11H13N3O3S2/c1-2-10(7-12)19(16,17)14-11-13-8-9(18-11)5-3-4-6-15/h8,10,15H,2,4,6H2,1H3,(H,13,14). The highest BCUT2D eigenvalue weighted by atomic mass is 32.2. The number of hydrogen-bond donors (Lipinski definition) is 2. The first-order chi connectivity index (χ1) is 9.03. The molecule has 1 rings (SSSR count). The number of nitrogens with zero attached hydrogens (tertiary/aromatic N) is 2. The predicted octanol–water partition coefficient (Wildman–Crippen LogP) is 0.921. The van der Waals surface area contributed by atoms with Gasteiger partial charge in [0.1, 0.15) is 0 Å². The van der Waals surface area contributed by atoms with Gasteiger partial charge < -0.3 is 5.11 Å². The summed E-state index contributed by atoms with van der Waals surface area (Å²) >= 11 is 1.08. The van der Waals surface area contributed by atoms with E-state index in [1.54, 1.807) is 13.0 Å². The zero-order chi connectivity index (χ0) is 14.3. The minimum atomic E-state index is -3.74. The molecule has 1 atom stereocenters. The van der Waals surface area contributed by atoms with Crippen LogP contribution in [0, 0.1) is 23.2 Å². The van der Waals surface area contributed by atoms with E-state index in [0.29, 0.717) is 11.3 Å². The van der Waals surface area contributed by atoms with Crippen molar-refractivity contribution in [1.29, 1.82) is 5.26 Å². The number of hydrogen-bond acceptors (Lipinski definition) is 6. The van der Waals surface area contributed by atoms with Crippen LogP contribution in [0.2, 0.25) is 0 Å². The van der Waals surface area contributed by atoms with Crippen LogP contribution in [-0.4, -0.2) is 30.4 Å². The third-order valence-electron chi connectivity index (χ3n) is 2.07. The molecule has 6 nitrogen and oxygen atoms in total. The summed E-state index contributed by atoms with van der Waals surface area (Å²) in [5, 5.41) is 16.4. The van der Waals surface area contributed by atoms with Crippen LogP contribution < -0.4 is 4.72 Å². The maximum Gasteiger partial charge on any atom is 0.250 e. The van der Waals surface area contributed by atoms with Crippen molar-refractivity contribution in [3.63, 3.8) is 0 Å². The number of nitrogens with one attached hydrogen (secondary N) is 1. The number of aliphatic hydroxyl groups is 1. The Hall–Kier alpha value is -1.61. The Morgan fingerprint density at radius 3 is 2.95 bits per heavy atom. The second-order valence-corrected chi connectivity index (χ2v) is 6.37. The van der Waals surface area contributed by atoms with Crippen LogP contribution in [0.1, 0.15) is 24.6 Å². The first-order valence-electron chi connectivity index (χ1n) is 5.50. The highest BCUT2D eigenvalue weighted by Crippen LogP contribution is 2.20. The molecule has 1 unspecified atom stereocenters.